The molecule has 1 atom stereocenters. The Kier molecular flexibility index (Phi) is 5.45. The van der Waals surface area contributed by atoms with Crippen LogP contribution in [0.4, 0.5) is 20.6 Å². The maximum atomic E-state index is 14.4. The lowest BCUT2D eigenvalue weighted by Crippen LogP contribution is -2.36. The van der Waals surface area contributed by atoms with E-state index in [-0.39, 0.29) is 17.9 Å². The quantitative estimate of drug-likeness (QED) is 0.895. The highest BCUT2D eigenvalue weighted by molar-refractivity contribution is 5.89. The number of aromatic nitrogens is 1. The van der Waals surface area contributed by atoms with Crippen molar-refractivity contribution in [2.24, 2.45) is 0 Å². The van der Waals surface area contributed by atoms with Crippen LogP contribution in [0.5, 0.6) is 0 Å². The van der Waals surface area contributed by atoms with Gasteiger partial charge in [-0.2, -0.15) is 0 Å². The summed E-state index contributed by atoms with van der Waals surface area (Å²) in [5, 5.41) is 5.48. The highest BCUT2D eigenvalue weighted by Crippen LogP contribution is 2.23. The van der Waals surface area contributed by atoms with E-state index in [1.54, 1.807) is 24.5 Å². The van der Waals surface area contributed by atoms with Gasteiger partial charge in [0.2, 0.25) is 0 Å². The minimum atomic E-state index is -0.386. The van der Waals surface area contributed by atoms with Crippen molar-refractivity contribution in [3.63, 3.8) is 0 Å². The van der Waals surface area contributed by atoms with Crippen LogP contribution >= 0.6 is 0 Å². The van der Waals surface area contributed by atoms with Crippen LogP contribution in [0.1, 0.15) is 18.5 Å². The molecule has 1 aliphatic heterocycles. The Balaban J connectivity index is 1.60. The van der Waals surface area contributed by atoms with Gasteiger partial charge in [-0.15, -0.1) is 0 Å². The molecule has 1 aliphatic rings. The van der Waals surface area contributed by atoms with Gasteiger partial charge in [0.25, 0.3) is 0 Å². The molecule has 1 saturated heterocycles. The number of halogens is 1. The summed E-state index contributed by atoms with van der Waals surface area (Å²) in [5.41, 5.74) is 1.88. The third-order valence-corrected chi connectivity index (χ3v) is 4.11. The molecule has 6 nitrogen and oxygen atoms in total. The number of hydrogen-bond donors (Lipinski definition) is 2. The maximum Gasteiger partial charge on any atom is 0.319 e. The highest BCUT2D eigenvalue weighted by atomic mass is 19.1. The second-order valence-corrected chi connectivity index (χ2v) is 5.87. The zero-order valence-corrected chi connectivity index (χ0v) is 14.0. The number of rotatable bonds is 4. The molecule has 1 unspecified atom stereocenters. The van der Waals surface area contributed by atoms with Crippen molar-refractivity contribution < 1.29 is 13.9 Å². The number of benzene rings is 1. The number of amides is 2. The van der Waals surface area contributed by atoms with Crippen LogP contribution in [-0.2, 0) is 4.74 Å². The molecule has 0 saturated carbocycles. The number of morpholine rings is 1. The lowest BCUT2D eigenvalue weighted by molar-refractivity contribution is 0.122. The summed E-state index contributed by atoms with van der Waals surface area (Å²) in [6.45, 7) is 4.38. The van der Waals surface area contributed by atoms with E-state index in [0.29, 0.717) is 37.7 Å². The molecule has 0 spiro atoms. The van der Waals surface area contributed by atoms with E-state index in [1.165, 1.54) is 6.07 Å². The van der Waals surface area contributed by atoms with E-state index in [0.717, 1.165) is 5.56 Å². The summed E-state index contributed by atoms with van der Waals surface area (Å²) in [6, 6.07) is 7.82. The Bertz CT molecular complexity index is 720. The highest BCUT2D eigenvalue weighted by Gasteiger charge is 2.16. The van der Waals surface area contributed by atoms with Gasteiger partial charge in [0.15, 0.2) is 0 Å². The minimum absolute atomic E-state index is 0.180. The fourth-order valence-electron chi connectivity index (χ4n) is 2.74. The standard InChI is InChI=1S/C18H21FN4O2/c1-13(14-4-6-20-7-5-14)21-18(24)22-15-2-3-17(16(19)12-15)23-8-10-25-11-9-23/h2-7,12-13H,8-11H2,1H3,(H2,21,22,24). The lowest BCUT2D eigenvalue weighted by atomic mass is 10.1. The molecule has 0 aliphatic carbocycles. The monoisotopic (exact) mass is 344 g/mol. The number of nitrogens with one attached hydrogen (secondary N) is 2. The number of ether oxygens (including phenoxy) is 1. The van der Waals surface area contributed by atoms with Gasteiger partial charge >= 0.3 is 6.03 Å². The summed E-state index contributed by atoms with van der Waals surface area (Å²) in [7, 11) is 0. The Morgan fingerprint density at radius 2 is 1.96 bits per heavy atom. The van der Waals surface area contributed by atoms with Crippen molar-refractivity contribution in [1.29, 1.82) is 0 Å². The number of anilines is 2. The molecule has 1 fully saturated rings. The number of carbonyl (C=O) groups excluding carboxylic acids is 1. The Morgan fingerprint density at radius 3 is 2.64 bits per heavy atom. The third-order valence-electron chi connectivity index (χ3n) is 4.11. The number of hydrogen-bond acceptors (Lipinski definition) is 4. The summed E-state index contributed by atoms with van der Waals surface area (Å²) < 4.78 is 19.6. The molecule has 132 valence electrons. The molecule has 2 aromatic rings. The van der Waals surface area contributed by atoms with E-state index < -0.39 is 0 Å². The van der Waals surface area contributed by atoms with Crippen LogP contribution in [-0.4, -0.2) is 37.3 Å². The normalized spacial score (nSPS) is 15.5. The molecule has 3 rings (SSSR count). The van der Waals surface area contributed by atoms with Gasteiger partial charge in [0, 0.05) is 31.2 Å². The number of carbonyl (C=O) groups is 1. The van der Waals surface area contributed by atoms with Gasteiger partial charge in [0.1, 0.15) is 5.82 Å². The van der Waals surface area contributed by atoms with Crippen LogP contribution in [0.3, 0.4) is 0 Å². The summed E-state index contributed by atoms with van der Waals surface area (Å²) >= 11 is 0. The van der Waals surface area contributed by atoms with Crippen LogP contribution < -0.4 is 15.5 Å². The van der Waals surface area contributed by atoms with Gasteiger partial charge in [-0.1, -0.05) is 0 Å². The molecule has 2 amide bonds. The first-order valence-electron chi connectivity index (χ1n) is 8.23. The molecule has 0 bridgehead atoms. The zero-order valence-electron chi connectivity index (χ0n) is 14.0. The van der Waals surface area contributed by atoms with Crippen molar-refractivity contribution in [2.75, 3.05) is 36.5 Å². The molecular weight excluding hydrogens is 323 g/mol. The maximum absolute atomic E-state index is 14.4. The molecule has 25 heavy (non-hydrogen) atoms. The minimum Gasteiger partial charge on any atom is -0.378 e. The SMILES string of the molecule is CC(NC(=O)Nc1ccc(N2CCOCC2)c(F)c1)c1ccncc1. The van der Waals surface area contributed by atoms with E-state index in [9.17, 15) is 9.18 Å². The second kappa shape index (κ2) is 7.94. The topological polar surface area (TPSA) is 66.5 Å². The average Bonchev–Trinajstić information content (AvgIpc) is 2.63. The summed E-state index contributed by atoms with van der Waals surface area (Å²) in [4.78, 5) is 18.0. The molecular formula is C18H21FN4O2. The first kappa shape index (κ1) is 17.2. The van der Waals surface area contributed by atoms with Crippen LogP contribution in [0.25, 0.3) is 0 Å². The van der Waals surface area contributed by atoms with Crippen LogP contribution in [0, 0.1) is 5.82 Å². The summed E-state index contributed by atoms with van der Waals surface area (Å²) in [5.74, 6) is -0.359. The summed E-state index contributed by atoms with van der Waals surface area (Å²) in [6.07, 6.45) is 3.34. The van der Waals surface area contributed by atoms with Gasteiger partial charge < -0.3 is 20.3 Å². The number of urea groups is 1. The van der Waals surface area contributed by atoms with E-state index in [1.807, 2.05) is 24.0 Å². The average molecular weight is 344 g/mol. The van der Waals surface area contributed by atoms with Crippen molar-refractivity contribution in [1.82, 2.24) is 10.3 Å². The van der Waals surface area contributed by atoms with Gasteiger partial charge in [-0.25, -0.2) is 9.18 Å². The first-order chi connectivity index (χ1) is 12.1. The van der Waals surface area contributed by atoms with Gasteiger partial charge in [-0.05, 0) is 42.8 Å². The third kappa shape index (κ3) is 4.45. The molecule has 0 radical (unpaired) electrons. The Labute approximate surface area is 146 Å². The Hall–Kier alpha value is -2.67. The van der Waals surface area contributed by atoms with Crippen LogP contribution in [0.15, 0.2) is 42.7 Å². The van der Waals surface area contributed by atoms with E-state index in [4.69, 9.17) is 4.74 Å². The number of nitrogens with zero attached hydrogens (tertiary/aromatic N) is 2. The predicted molar refractivity (Wildman–Crippen MR) is 94.2 cm³/mol. The fourth-order valence-corrected chi connectivity index (χ4v) is 2.74. The van der Waals surface area contributed by atoms with Crippen molar-refractivity contribution in [3.8, 4) is 0 Å². The smallest absolute Gasteiger partial charge is 0.319 e. The predicted octanol–water partition coefficient (Wildman–Crippen LogP) is 2.94. The van der Waals surface area contributed by atoms with E-state index in [2.05, 4.69) is 15.6 Å². The van der Waals surface area contributed by atoms with Crippen molar-refractivity contribution >= 4 is 17.4 Å². The molecule has 2 heterocycles. The fraction of sp³-hybridized carbons (Fsp3) is 0.333. The molecule has 1 aromatic heterocycles. The van der Waals surface area contributed by atoms with Gasteiger partial charge in [0.05, 0.1) is 24.9 Å². The zero-order chi connectivity index (χ0) is 17.6. The Morgan fingerprint density at radius 1 is 1.24 bits per heavy atom. The second-order valence-electron chi connectivity index (χ2n) is 5.87. The number of pyridine rings is 1. The molecule has 2 N–H and O–H groups in total. The largest absolute Gasteiger partial charge is 0.378 e. The first-order valence-corrected chi connectivity index (χ1v) is 8.23. The van der Waals surface area contributed by atoms with Crippen molar-refractivity contribution in [3.05, 3.63) is 54.1 Å². The van der Waals surface area contributed by atoms with Crippen LogP contribution in [0.2, 0.25) is 0 Å². The molecule has 7 heteroatoms. The van der Waals surface area contributed by atoms with E-state index >= 15 is 0 Å². The molecule has 1 aromatic carbocycles. The lowest BCUT2D eigenvalue weighted by Gasteiger charge is -2.29. The van der Waals surface area contributed by atoms with Crippen molar-refractivity contribution in [2.45, 2.75) is 13.0 Å². The van der Waals surface area contributed by atoms with Gasteiger partial charge in [-0.3, -0.25) is 4.98 Å².